The zero-order chi connectivity index (χ0) is 22.7. The molecule has 2 aliphatic heterocycles. The van der Waals surface area contributed by atoms with Crippen LogP contribution in [-0.2, 0) is 21.4 Å². The molecule has 0 radical (unpaired) electrons. The Kier molecular flexibility index (Phi) is 6.63. The molecule has 4 rings (SSSR count). The van der Waals surface area contributed by atoms with Gasteiger partial charge in [0, 0.05) is 44.4 Å². The van der Waals surface area contributed by atoms with Gasteiger partial charge in [-0.05, 0) is 25.2 Å². The van der Waals surface area contributed by atoms with Crippen LogP contribution in [0.4, 0.5) is 4.39 Å². The fourth-order valence-corrected chi connectivity index (χ4v) is 5.25. The number of carbonyl (C=O) groups excluding carboxylic acids is 1. The average Bonchev–Trinajstić information content (AvgIpc) is 2.80. The predicted molar refractivity (Wildman–Crippen MR) is 116 cm³/mol. The van der Waals surface area contributed by atoms with Crippen LogP contribution in [0, 0.1) is 5.82 Å². The highest BCUT2D eigenvalue weighted by atomic mass is 32.2. The van der Waals surface area contributed by atoms with E-state index in [0.717, 1.165) is 0 Å². The van der Waals surface area contributed by atoms with Crippen molar-refractivity contribution in [3.63, 3.8) is 0 Å². The van der Waals surface area contributed by atoms with E-state index in [4.69, 9.17) is 9.47 Å². The Bertz CT molecular complexity index is 1090. The number of sulfonamides is 1. The molecule has 2 aromatic carbocycles. The van der Waals surface area contributed by atoms with Crippen molar-refractivity contribution in [1.29, 1.82) is 0 Å². The molecule has 2 aromatic rings. The number of benzene rings is 2. The minimum Gasteiger partial charge on any atom is -0.486 e. The molecule has 1 saturated heterocycles. The van der Waals surface area contributed by atoms with Crippen LogP contribution in [0.15, 0.2) is 47.4 Å². The van der Waals surface area contributed by atoms with E-state index in [1.54, 1.807) is 41.1 Å². The number of ether oxygens (including phenoxy) is 2. The normalized spacial score (nSPS) is 16.9. The van der Waals surface area contributed by atoms with Gasteiger partial charge in [-0.15, -0.1) is 0 Å². The number of halogens is 1. The fourth-order valence-electron chi connectivity index (χ4n) is 3.82. The molecule has 1 amide bonds. The van der Waals surface area contributed by atoms with E-state index in [0.29, 0.717) is 49.9 Å². The van der Waals surface area contributed by atoms with Gasteiger partial charge in [-0.1, -0.05) is 18.2 Å². The van der Waals surface area contributed by atoms with Gasteiger partial charge in [-0.25, -0.2) is 12.8 Å². The Labute approximate surface area is 187 Å². The third-order valence-corrected chi connectivity index (χ3v) is 7.44. The van der Waals surface area contributed by atoms with Crippen LogP contribution in [-0.4, -0.2) is 81.4 Å². The van der Waals surface area contributed by atoms with Crippen molar-refractivity contribution in [3.05, 3.63) is 53.8 Å². The molecule has 0 aromatic heterocycles. The summed E-state index contributed by atoms with van der Waals surface area (Å²) in [6, 6.07) is 11.1. The monoisotopic (exact) mass is 463 g/mol. The minimum absolute atomic E-state index is 0.111. The summed E-state index contributed by atoms with van der Waals surface area (Å²) >= 11 is 0. The third-order valence-electron chi connectivity index (χ3n) is 5.55. The molecule has 0 aliphatic carbocycles. The topological polar surface area (TPSA) is 79.4 Å². The minimum atomic E-state index is -3.71. The van der Waals surface area contributed by atoms with Crippen molar-refractivity contribution >= 4 is 15.9 Å². The van der Waals surface area contributed by atoms with Crippen LogP contribution >= 0.6 is 0 Å². The van der Waals surface area contributed by atoms with E-state index in [1.807, 2.05) is 0 Å². The molecule has 32 heavy (non-hydrogen) atoms. The lowest BCUT2D eigenvalue weighted by atomic mass is 10.2. The Morgan fingerprint density at radius 1 is 1.03 bits per heavy atom. The molecule has 1 fully saturated rings. The van der Waals surface area contributed by atoms with Crippen LogP contribution in [0.25, 0.3) is 0 Å². The third kappa shape index (κ3) is 4.87. The second kappa shape index (κ2) is 9.43. The molecule has 0 atom stereocenters. The lowest BCUT2D eigenvalue weighted by Crippen LogP contribution is -2.52. The molecule has 2 heterocycles. The molecule has 0 bridgehead atoms. The van der Waals surface area contributed by atoms with Crippen LogP contribution in [0.1, 0.15) is 5.56 Å². The molecule has 10 heteroatoms. The first-order chi connectivity index (χ1) is 15.3. The molecular weight excluding hydrogens is 437 g/mol. The summed E-state index contributed by atoms with van der Waals surface area (Å²) in [6.45, 7) is 2.28. The van der Waals surface area contributed by atoms with Crippen LogP contribution < -0.4 is 9.47 Å². The van der Waals surface area contributed by atoms with Gasteiger partial charge >= 0.3 is 0 Å². The standard InChI is InChI=1S/C22H26FN3O5S/c1-24(15-17-4-2-3-5-19(17)23)16-22(27)25-8-10-26(11-9-25)32(28,29)18-6-7-20-21(14-18)31-13-12-30-20/h2-7,14H,8-13,15-16H2,1H3. The summed E-state index contributed by atoms with van der Waals surface area (Å²) in [4.78, 5) is 16.2. The van der Waals surface area contributed by atoms with Crippen molar-refractivity contribution < 1.29 is 27.1 Å². The summed E-state index contributed by atoms with van der Waals surface area (Å²) < 4.78 is 52.2. The largest absolute Gasteiger partial charge is 0.486 e. The number of hydrogen-bond acceptors (Lipinski definition) is 6. The van der Waals surface area contributed by atoms with E-state index in [1.165, 1.54) is 22.5 Å². The van der Waals surface area contributed by atoms with Crippen molar-refractivity contribution in [1.82, 2.24) is 14.1 Å². The number of rotatable bonds is 6. The number of amides is 1. The van der Waals surface area contributed by atoms with E-state index < -0.39 is 10.0 Å². The number of hydrogen-bond donors (Lipinski definition) is 0. The van der Waals surface area contributed by atoms with Gasteiger partial charge < -0.3 is 14.4 Å². The molecule has 0 N–H and O–H groups in total. The summed E-state index contributed by atoms with van der Waals surface area (Å²) in [5.41, 5.74) is 0.526. The smallest absolute Gasteiger partial charge is 0.243 e. The fraction of sp³-hybridized carbons (Fsp3) is 0.409. The second-order valence-electron chi connectivity index (χ2n) is 7.85. The molecule has 0 saturated carbocycles. The molecule has 8 nitrogen and oxygen atoms in total. The van der Waals surface area contributed by atoms with E-state index in [-0.39, 0.29) is 36.3 Å². The Morgan fingerprint density at radius 2 is 1.72 bits per heavy atom. The van der Waals surface area contributed by atoms with Crippen molar-refractivity contribution in [2.24, 2.45) is 0 Å². The average molecular weight is 464 g/mol. The number of carbonyl (C=O) groups is 1. The molecule has 2 aliphatic rings. The maximum Gasteiger partial charge on any atom is 0.243 e. The zero-order valence-corrected chi connectivity index (χ0v) is 18.7. The number of fused-ring (bicyclic) bond motifs is 1. The lowest BCUT2D eigenvalue weighted by Gasteiger charge is -2.35. The van der Waals surface area contributed by atoms with Gasteiger partial charge in [0.25, 0.3) is 0 Å². The van der Waals surface area contributed by atoms with Gasteiger partial charge in [0.1, 0.15) is 19.0 Å². The van der Waals surface area contributed by atoms with E-state index in [9.17, 15) is 17.6 Å². The molecule has 172 valence electrons. The van der Waals surface area contributed by atoms with Gasteiger partial charge in [0.05, 0.1) is 11.4 Å². The lowest BCUT2D eigenvalue weighted by molar-refractivity contribution is -0.133. The van der Waals surface area contributed by atoms with E-state index in [2.05, 4.69) is 0 Å². The van der Waals surface area contributed by atoms with E-state index >= 15 is 0 Å². The maximum absolute atomic E-state index is 13.8. The highest BCUT2D eigenvalue weighted by molar-refractivity contribution is 7.89. The summed E-state index contributed by atoms with van der Waals surface area (Å²) in [5.74, 6) is 0.541. The first-order valence-corrected chi connectivity index (χ1v) is 11.9. The second-order valence-corrected chi connectivity index (χ2v) is 9.79. The molecular formula is C22H26FN3O5S. The van der Waals surface area contributed by atoms with Crippen molar-refractivity contribution in [2.45, 2.75) is 11.4 Å². The van der Waals surface area contributed by atoms with Gasteiger partial charge in [0.2, 0.25) is 15.9 Å². The van der Waals surface area contributed by atoms with Crippen LogP contribution in [0.2, 0.25) is 0 Å². The number of likely N-dealkylation sites (N-methyl/N-ethyl adjacent to an activating group) is 1. The first-order valence-electron chi connectivity index (χ1n) is 10.4. The summed E-state index contributed by atoms with van der Waals surface area (Å²) in [6.07, 6.45) is 0. The Hall–Kier alpha value is -2.69. The van der Waals surface area contributed by atoms with Crippen LogP contribution in [0.3, 0.4) is 0 Å². The quantitative estimate of drug-likeness (QED) is 0.647. The predicted octanol–water partition coefficient (Wildman–Crippen LogP) is 1.56. The molecule has 0 spiro atoms. The van der Waals surface area contributed by atoms with Crippen molar-refractivity contribution in [3.8, 4) is 11.5 Å². The summed E-state index contributed by atoms with van der Waals surface area (Å²) in [7, 11) is -1.95. The Balaban J connectivity index is 1.33. The Morgan fingerprint density at radius 3 is 2.44 bits per heavy atom. The number of piperazine rings is 1. The number of nitrogens with zero attached hydrogens (tertiary/aromatic N) is 3. The van der Waals surface area contributed by atoms with Crippen LogP contribution in [0.5, 0.6) is 11.5 Å². The van der Waals surface area contributed by atoms with Gasteiger partial charge in [-0.2, -0.15) is 4.31 Å². The van der Waals surface area contributed by atoms with Gasteiger partial charge in [-0.3, -0.25) is 9.69 Å². The highest BCUT2D eigenvalue weighted by Gasteiger charge is 2.31. The maximum atomic E-state index is 13.8. The SMILES string of the molecule is CN(CC(=O)N1CCN(S(=O)(=O)c2ccc3c(c2)OCCO3)CC1)Cc1ccccc1F. The summed E-state index contributed by atoms with van der Waals surface area (Å²) in [5, 5.41) is 0. The van der Waals surface area contributed by atoms with Crippen molar-refractivity contribution in [2.75, 3.05) is 53.0 Å². The van der Waals surface area contributed by atoms with Gasteiger partial charge in [0.15, 0.2) is 11.5 Å². The highest BCUT2D eigenvalue weighted by Crippen LogP contribution is 2.33. The zero-order valence-electron chi connectivity index (χ0n) is 17.9. The molecule has 0 unspecified atom stereocenters. The first kappa shape index (κ1) is 22.5.